The van der Waals surface area contributed by atoms with Crippen molar-refractivity contribution in [1.29, 1.82) is 0 Å². The Morgan fingerprint density at radius 3 is 2.24 bits per heavy atom. The Morgan fingerprint density at radius 1 is 0.865 bits per heavy atom. The van der Waals surface area contributed by atoms with Gasteiger partial charge in [-0.05, 0) is 54.5 Å². The molecule has 1 fully saturated rings. The Kier molecular flexibility index (Phi) is 10.0. The van der Waals surface area contributed by atoms with Crippen molar-refractivity contribution in [2.45, 2.75) is 96.0 Å². The highest BCUT2D eigenvalue weighted by molar-refractivity contribution is 5.76. The maximum absolute atomic E-state index is 13.0. The van der Waals surface area contributed by atoms with Crippen LogP contribution in [0.25, 0.3) is 0 Å². The molecular formula is C32H42O5. The molecule has 3 unspecified atom stereocenters. The van der Waals surface area contributed by atoms with Crippen molar-refractivity contribution in [1.82, 2.24) is 0 Å². The SMILES string of the molecule is CCCCCCCCOc1ccc(C2CC(C(=O)O)C(OC(=O)C3CCCCC3)c3ccccc32)cc1. The third kappa shape index (κ3) is 7.15. The smallest absolute Gasteiger partial charge is 0.310 e. The van der Waals surface area contributed by atoms with Crippen molar-refractivity contribution >= 4 is 11.9 Å². The van der Waals surface area contributed by atoms with E-state index in [0.717, 1.165) is 61.0 Å². The zero-order valence-corrected chi connectivity index (χ0v) is 22.2. The predicted octanol–water partition coefficient (Wildman–Crippen LogP) is 7.83. The van der Waals surface area contributed by atoms with Gasteiger partial charge in [-0.3, -0.25) is 9.59 Å². The van der Waals surface area contributed by atoms with E-state index < -0.39 is 18.0 Å². The van der Waals surface area contributed by atoms with Crippen LogP contribution in [0.2, 0.25) is 0 Å². The molecule has 5 heteroatoms. The Balaban J connectivity index is 1.45. The Bertz CT molecular complexity index is 1010. The number of fused-ring (bicyclic) bond motifs is 1. The van der Waals surface area contributed by atoms with Crippen molar-refractivity contribution < 1.29 is 24.2 Å². The normalized spacial score (nSPS) is 21.7. The fourth-order valence-electron chi connectivity index (χ4n) is 5.93. The van der Waals surface area contributed by atoms with E-state index in [-0.39, 0.29) is 17.8 Å². The summed E-state index contributed by atoms with van der Waals surface area (Å²) in [4.78, 5) is 25.4. The molecule has 4 rings (SSSR count). The quantitative estimate of drug-likeness (QED) is 0.235. The van der Waals surface area contributed by atoms with Crippen LogP contribution in [0.4, 0.5) is 0 Å². The number of carboxylic acid groups (broad SMARTS) is 1. The average molecular weight is 507 g/mol. The number of aliphatic carboxylic acids is 1. The molecular weight excluding hydrogens is 464 g/mol. The summed E-state index contributed by atoms with van der Waals surface area (Å²) >= 11 is 0. The minimum atomic E-state index is -0.917. The lowest BCUT2D eigenvalue weighted by Gasteiger charge is -2.36. The standard InChI is InChI=1S/C32H42O5/c1-2-3-4-5-6-12-21-36-25-19-17-23(18-20-25)28-22-29(31(33)34)30(27-16-11-10-15-26(27)28)37-32(35)24-13-8-7-9-14-24/h10-11,15-20,24,28-30H,2-9,12-14,21-22H2,1H3,(H,33,34). The summed E-state index contributed by atoms with van der Waals surface area (Å²) < 4.78 is 11.9. The minimum Gasteiger partial charge on any atom is -0.494 e. The van der Waals surface area contributed by atoms with E-state index >= 15 is 0 Å². The van der Waals surface area contributed by atoms with Crippen molar-refractivity contribution in [3.63, 3.8) is 0 Å². The fraction of sp³-hybridized carbons (Fsp3) is 0.562. The van der Waals surface area contributed by atoms with Gasteiger partial charge < -0.3 is 14.6 Å². The number of esters is 1. The summed E-state index contributed by atoms with van der Waals surface area (Å²) in [6.07, 6.45) is 11.9. The Hall–Kier alpha value is -2.82. The monoisotopic (exact) mass is 506 g/mol. The molecule has 2 aromatic carbocycles. The van der Waals surface area contributed by atoms with Gasteiger partial charge in [0.25, 0.3) is 0 Å². The van der Waals surface area contributed by atoms with Gasteiger partial charge in [-0.15, -0.1) is 0 Å². The van der Waals surface area contributed by atoms with E-state index in [1.54, 1.807) is 0 Å². The molecule has 200 valence electrons. The van der Waals surface area contributed by atoms with E-state index in [4.69, 9.17) is 9.47 Å². The number of unbranched alkanes of at least 4 members (excludes halogenated alkanes) is 5. The molecule has 0 aliphatic heterocycles. The van der Waals surface area contributed by atoms with Crippen molar-refractivity contribution in [3.05, 3.63) is 65.2 Å². The molecule has 5 nitrogen and oxygen atoms in total. The molecule has 0 aromatic heterocycles. The summed E-state index contributed by atoms with van der Waals surface area (Å²) in [7, 11) is 0. The van der Waals surface area contributed by atoms with Crippen LogP contribution in [0.1, 0.15) is 113 Å². The largest absolute Gasteiger partial charge is 0.494 e. The lowest BCUT2D eigenvalue weighted by molar-refractivity contribution is -0.165. The number of hydrogen-bond donors (Lipinski definition) is 1. The summed E-state index contributed by atoms with van der Waals surface area (Å²) in [5, 5.41) is 10.1. The van der Waals surface area contributed by atoms with Gasteiger partial charge in [0.1, 0.15) is 11.9 Å². The third-order valence-corrected chi connectivity index (χ3v) is 8.08. The summed E-state index contributed by atoms with van der Waals surface area (Å²) in [6, 6.07) is 15.9. The van der Waals surface area contributed by atoms with E-state index in [9.17, 15) is 14.7 Å². The van der Waals surface area contributed by atoms with Gasteiger partial charge >= 0.3 is 11.9 Å². The number of hydrogen-bond acceptors (Lipinski definition) is 4. The topological polar surface area (TPSA) is 72.8 Å². The minimum absolute atomic E-state index is 0.0745. The molecule has 0 bridgehead atoms. The molecule has 3 atom stereocenters. The molecule has 1 saturated carbocycles. The maximum atomic E-state index is 13.0. The molecule has 37 heavy (non-hydrogen) atoms. The molecule has 0 saturated heterocycles. The highest BCUT2D eigenvalue weighted by Gasteiger charge is 2.42. The summed E-state index contributed by atoms with van der Waals surface area (Å²) in [5.41, 5.74) is 2.92. The summed E-state index contributed by atoms with van der Waals surface area (Å²) in [5.74, 6) is -1.28. The van der Waals surface area contributed by atoms with Crippen LogP contribution in [-0.2, 0) is 14.3 Å². The van der Waals surface area contributed by atoms with Gasteiger partial charge in [0.15, 0.2) is 0 Å². The molecule has 2 aliphatic carbocycles. The van der Waals surface area contributed by atoms with E-state index in [2.05, 4.69) is 6.92 Å². The third-order valence-electron chi connectivity index (χ3n) is 8.08. The Labute approximate surface area is 221 Å². The zero-order chi connectivity index (χ0) is 26.0. The highest BCUT2D eigenvalue weighted by atomic mass is 16.5. The molecule has 1 N–H and O–H groups in total. The van der Waals surface area contributed by atoms with Gasteiger partial charge in [-0.1, -0.05) is 94.7 Å². The van der Waals surface area contributed by atoms with E-state index in [0.29, 0.717) is 13.0 Å². The van der Waals surface area contributed by atoms with Gasteiger partial charge in [-0.25, -0.2) is 0 Å². The number of ether oxygens (including phenoxy) is 2. The number of carbonyl (C=O) groups excluding carboxylic acids is 1. The van der Waals surface area contributed by atoms with Crippen LogP contribution in [0.3, 0.4) is 0 Å². The van der Waals surface area contributed by atoms with Crippen LogP contribution in [0.5, 0.6) is 5.75 Å². The number of carbonyl (C=O) groups is 2. The summed E-state index contributed by atoms with van der Waals surface area (Å²) in [6.45, 7) is 2.94. The number of carboxylic acids is 1. The average Bonchev–Trinajstić information content (AvgIpc) is 2.93. The van der Waals surface area contributed by atoms with Gasteiger partial charge in [0.2, 0.25) is 0 Å². The zero-order valence-electron chi connectivity index (χ0n) is 22.2. The number of rotatable bonds is 12. The molecule has 0 radical (unpaired) electrons. The van der Waals surface area contributed by atoms with Crippen molar-refractivity contribution in [2.24, 2.45) is 11.8 Å². The first-order valence-electron chi connectivity index (χ1n) is 14.3. The molecule has 2 aromatic rings. The highest BCUT2D eigenvalue weighted by Crippen LogP contribution is 2.47. The van der Waals surface area contributed by atoms with Gasteiger partial charge in [-0.2, -0.15) is 0 Å². The fourth-order valence-corrected chi connectivity index (χ4v) is 5.93. The predicted molar refractivity (Wildman–Crippen MR) is 145 cm³/mol. The van der Waals surface area contributed by atoms with Crippen LogP contribution in [0.15, 0.2) is 48.5 Å². The maximum Gasteiger partial charge on any atom is 0.310 e. The van der Waals surface area contributed by atoms with E-state index in [1.807, 2.05) is 48.5 Å². The van der Waals surface area contributed by atoms with Gasteiger partial charge in [0.05, 0.1) is 18.4 Å². The van der Waals surface area contributed by atoms with Crippen LogP contribution in [-0.4, -0.2) is 23.7 Å². The van der Waals surface area contributed by atoms with Gasteiger partial charge in [0, 0.05) is 5.92 Å². The first-order chi connectivity index (χ1) is 18.1. The lowest BCUT2D eigenvalue weighted by atomic mass is 9.72. The molecule has 0 spiro atoms. The van der Waals surface area contributed by atoms with Crippen molar-refractivity contribution in [2.75, 3.05) is 6.61 Å². The Morgan fingerprint density at radius 2 is 1.54 bits per heavy atom. The van der Waals surface area contributed by atoms with E-state index in [1.165, 1.54) is 32.1 Å². The number of benzene rings is 2. The first-order valence-corrected chi connectivity index (χ1v) is 14.3. The molecule has 0 amide bonds. The molecule has 2 aliphatic rings. The van der Waals surface area contributed by atoms with Crippen molar-refractivity contribution in [3.8, 4) is 5.75 Å². The second-order valence-electron chi connectivity index (χ2n) is 10.7. The van der Waals surface area contributed by atoms with Crippen LogP contribution in [0, 0.1) is 11.8 Å². The van der Waals surface area contributed by atoms with Crippen LogP contribution >= 0.6 is 0 Å². The second kappa shape index (κ2) is 13.6. The lowest BCUT2D eigenvalue weighted by Crippen LogP contribution is -2.34. The first kappa shape index (κ1) is 27.2. The molecule has 0 heterocycles. The second-order valence-corrected chi connectivity index (χ2v) is 10.7. The van der Waals surface area contributed by atoms with Crippen LogP contribution < -0.4 is 4.74 Å².